The molecular weight excluding hydrogens is 292 g/mol. The van der Waals surface area contributed by atoms with Gasteiger partial charge in [0.2, 0.25) is 5.91 Å². The molecule has 3 atom stereocenters. The van der Waals surface area contributed by atoms with Crippen LogP contribution in [0.15, 0.2) is 24.3 Å². The molecular formula is C18H24N2O3. The summed E-state index contributed by atoms with van der Waals surface area (Å²) >= 11 is 0. The van der Waals surface area contributed by atoms with Gasteiger partial charge < -0.3 is 14.4 Å². The SMILES string of the molecule is COc1ccc(CN2C[C@@H]3CN(C4CCOC4)C[C@@H]3C2=O)cc1. The number of likely N-dealkylation sites (tertiary alicyclic amines) is 2. The van der Waals surface area contributed by atoms with E-state index >= 15 is 0 Å². The Morgan fingerprint density at radius 1 is 1.22 bits per heavy atom. The molecule has 0 saturated carbocycles. The van der Waals surface area contributed by atoms with E-state index in [2.05, 4.69) is 4.90 Å². The quantitative estimate of drug-likeness (QED) is 0.841. The molecule has 3 fully saturated rings. The summed E-state index contributed by atoms with van der Waals surface area (Å²) in [5.74, 6) is 1.86. The molecule has 3 heterocycles. The number of hydrogen-bond donors (Lipinski definition) is 0. The van der Waals surface area contributed by atoms with Gasteiger partial charge >= 0.3 is 0 Å². The van der Waals surface area contributed by atoms with E-state index in [0.29, 0.717) is 24.4 Å². The van der Waals surface area contributed by atoms with Crippen molar-refractivity contribution in [2.75, 3.05) is 40.0 Å². The van der Waals surface area contributed by atoms with Crippen molar-refractivity contribution in [3.63, 3.8) is 0 Å². The molecule has 3 aliphatic rings. The fourth-order valence-electron chi connectivity index (χ4n) is 4.18. The van der Waals surface area contributed by atoms with Crippen LogP contribution in [0.25, 0.3) is 0 Å². The highest BCUT2D eigenvalue weighted by Crippen LogP contribution is 2.35. The number of fused-ring (bicyclic) bond motifs is 1. The van der Waals surface area contributed by atoms with Gasteiger partial charge in [0.15, 0.2) is 0 Å². The zero-order chi connectivity index (χ0) is 15.8. The topological polar surface area (TPSA) is 42.0 Å². The van der Waals surface area contributed by atoms with Gasteiger partial charge in [0.25, 0.3) is 0 Å². The summed E-state index contributed by atoms with van der Waals surface area (Å²) in [4.78, 5) is 17.2. The minimum absolute atomic E-state index is 0.189. The molecule has 0 aromatic heterocycles. The van der Waals surface area contributed by atoms with E-state index in [1.165, 1.54) is 5.56 Å². The number of amides is 1. The first-order valence-electron chi connectivity index (χ1n) is 8.48. The molecule has 0 radical (unpaired) electrons. The van der Waals surface area contributed by atoms with Crippen LogP contribution in [0.3, 0.4) is 0 Å². The molecule has 0 spiro atoms. The summed E-state index contributed by atoms with van der Waals surface area (Å²) < 4.78 is 10.7. The average Bonchev–Trinajstić information content (AvgIpc) is 3.27. The lowest BCUT2D eigenvalue weighted by molar-refractivity contribution is -0.131. The maximum atomic E-state index is 12.7. The lowest BCUT2D eigenvalue weighted by Crippen LogP contribution is -2.38. The first-order valence-corrected chi connectivity index (χ1v) is 8.48. The van der Waals surface area contributed by atoms with Gasteiger partial charge in [-0.2, -0.15) is 0 Å². The van der Waals surface area contributed by atoms with E-state index < -0.39 is 0 Å². The van der Waals surface area contributed by atoms with Gasteiger partial charge in [-0.25, -0.2) is 0 Å². The summed E-state index contributed by atoms with van der Waals surface area (Å²) in [7, 11) is 1.67. The minimum Gasteiger partial charge on any atom is -0.497 e. The molecule has 124 valence electrons. The normalized spacial score (nSPS) is 30.9. The number of ether oxygens (including phenoxy) is 2. The fourth-order valence-corrected chi connectivity index (χ4v) is 4.18. The molecule has 1 aromatic carbocycles. The van der Waals surface area contributed by atoms with Crippen LogP contribution in [0.5, 0.6) is 5.75 Å². The van der Waals surface area contributed by atoms with Crippen LogP contribution >= 0.6 is 0 Å². The molecule has 0 bridgehead atoms. The van der Waals surface area contributed by atoms with Crippen LogP contribution < -0.4 is 4.74 Å². The Hall–Kier alpha value is -1.59. The highest BCUT2D eigenvalue weighted by molar-refractivity contribution is 5.82. The third kappa shape index (κ3) is 2.83. The Kier molecular flexibility index (Phi) is 3.99. The van der Waals surface area contributed by atoms with Gasteiger partial charge in [-0.15, -0.1) is 0 Å². The van der Waals surface area contributed by atoms with Gasteiger partial charge in [0.05, 0.1) is 19.6 Å². The Labute approximate surface area is 137 Å². The zero-order valence-electron chi connectivity index (χ0n) is 13.6. The highest BCUT2D eigenvalue weighted by Gasteiger charge is 2.47. The summed E-state index contributed by atoms with van der Waals surface area (Å²) in [6.07, 6.45) is 1.11. The van der Waals surface area contributed by atoms with Gasteiger partial charge in [-0.05, 0) is 24.1 Å². The van der Waals surface area contributed by atoms with E-state index in [1.807, 2.05) is 29.2 Å². The molecule has 1 unspecified atom stereocenters. The van der Waals surface area contributed by atoms with E-state index in [-0.39, 0.29) is 5.92 Å². The molecule has 3 aliphatic heterocycles. The van der Waals surface area contributed by atoms with Gasteiger partial charge in [-0.1, -0.05) is 12.1 Å². The van der Waals surface area contributed by atoms with Crippen molar-refractivity contribution in [3.05, 3.63) is 29.8 Å². The number of carbonyl (C=O) groups excluding carboxylic acids is 1. The Balaban J connectivity index is 1.37. The van der Waals surface area contributed by atoms with Crippen LogP contribution in [0.2, 0.25) is 0 Å². The predicted molar refractivity (Wildman–Crippen MR) is 86.2 cm³/mol. The zero-order valence-corrected chi connectivity index (χ0v) is 13.6. The van der Waals surface area contributed by atoms with Crippen LogP contribution in [0.4, 0.5) is 0 Å². The van der Waals surface area contributed by atoms with Crippen LogP contribution in [-0.4, -0.2) is 61.7 Å². The third-order valence-electron chi connectivity index (χ3n) is 5.51. The largest absolute Gasteiger partial charge is 0.497 e. The van der Waals surface area contributed by atoms with Crippen molar-refractivity contribution >= 4 is 5.91 Å². The molecule has 5 heteroatoms. The van der Waals surface area contributed by atoms with Gasteiger partial charge in [0, 0.05) is 44.7 Å². The molecule has 1 aromatic rings. The highest BCUT2D eigenvalue weighted by atomic mass is 16.5. The first-order chi connectivity index (χ1) is 11.2. The molecule has 23 heavy (non-hydrogen) atoms. The standard InChI is InChI=1S/C18H24N2O3/c1-22-16-4-2-13(3-5-16)8-20-10-14-9-19(11-17(14)18(20)21)15-6-7-23-12-15/h2-5,14-15,17H,6-12H2,1H3/t14-,15?,17-/m0/s1. The van der Waals surface area contributed by atoms with E-state index in [9.17, 15) is 4.79 Å². The molecule has 0 aliphatic carbocycles. The molecule has 4 rings (SSSR count). The maximum Gasteiger partial charge on any atom is 0.227 e. The summed E-state index contributed by atoms with van der Waals surface area (Å²) in [5.41, 5.74) is 1.17. The van der Waals surface area contributed by atoms with E-state index in [1.54, 1.807) is 7.11 Å². The molecule has 5 nitrogen and oxygen atoms in total. The third-order valence-corrected chi connectivity index (χ3v) is 5.51. The maximum absolute atomic E-state index is 12.7. The molecule has 1 amide bonds. The van der Waals surface area contributed by atoms with Crippen molar-refractivity contribution in [3.8, 4) is 5.75 Å². The van der Waals surface area contributed by atoms with Crippen molar-refractivity contribution in [1.29, 1.82) is 0 Å². The van der Waals surface area contributed by atoms with E-state index in [0.717, 1.165) is 45.0 Å². The smallest absolute Gasteiger partial charge is 0.227 e. The summed E-state index contributed by atoms with van der Waals surface area (Å²) in [6, 6.07) is 8.53. The van der Waals surface area contributed by atoms with Gasteiger partial charge in [-0.3, -0.25) is 9.69 Å². The second kappa shape index (κ2) is 6.13. The number of benzene rings is 1. The van der Waals surface area contributed by atoms with Crippen molar-refractivity contribution < 1.29 is 14.3 Å². The molecule has 3 saturated heterocycles. The number of carbonyl (C=O) groups is 1. The first kappa shape index (κ1) is 15.0. The summed E-state index contributed by atoms with van der Waals surface area (Å²) in [5, 5.41) is 0. The van der Waals surface area contributed by atoms with Crippen molar-refractivity contribution in [1.82, 2.24) is 9.80 Å². The number of rotatable bonds is 4. The van der Waals surface area contributed by atoms with Crippen LogP contribution in [0.1, 0.15) is 12.0 Å². The minimum atomic E-state index is 0.189. The van der Waals surface area contributed by atoms with Crippen LogP contribution in [-0.2, 0) is 16.1 Å². The molecule has 0 N–H and O–H groups in total. The number of methoxy groups -OCH3 is 1. The van der Waals surface area contributed by atoms with E-state index in [4.69, 9.17) is 9.47 Å². The Morgan fingerprint density at radius 2 is 2.04 bits per heavy atom. The number of hydrogen-bond acceptors (Lipinski definition) is 4. The average molecular weight is 316 g/mol. The lowest BCUT2D eigenvalue weighted by atomic mass is 10.0. The fraction of sp³-hybridized carbons (Fsp3) is 0.611. The van der Waals surface area contributed by atoms with Crippen LogP contribution in [0, 0.1) is 11.8 Å². The Bertz CT molecular complexity index is 568. The summed E-state index contributed by atoms with van der Waals surface area (Å²) in [6.45, 7) is 5.26. The van der Waals surface area contributed by atoms with Crippen molar-refractivity contribution in [2.45, 2.75) is 19.0 Å². The predicted octanol–water partition coefficient (Wildman–Crippen LogP) is 1.37. The van der Waals surface area contributed by atoms with Crippen molar-refractivity contribution in [2.24, 2.45) is 11.8 Å². The monoisotopic (exact) mass is 316 g/mol. The second-order valence-electron chi connectivity index (χ2n) is 6.90. The lowest BCUT2D eigenvalue weighted by Gasteiger charge is -2.25. The number of nitrogens with zero attached hydrogens (tertiary/aromatic N) is 2. The second-order valence-corrected chi connectivity index (χ2v) is 6.90. The van der Waals surface area contributed by atoms with Gasteiger partial charge in [0.1, 0.15) is 5.75 Å². The Morgan fingerprint density at radius 3 is 2.70 bits per heavy atom.